The van der Waals surface area contributed by atoms with E-state index < -0.39 is 0 Å². The van der Waals surface area contributed by atoms with E-state index >= 15 is 0 Å². The van der Waals surface area contributed by atoms with E-state index in [1.54, 1.807) is 19.1 Å². The molecule has 0 aliphatic rings. The summed E-state index contributed by atoms with van der Waals surface area (Å²) in [6.45, 7) is 3.62. The molecule has 0 aliphatic carbocycles. The molecule has 0 saturated carbocycles. The van der Waals surface area contributed by atoms with Crippen molar-refractivity contribution in [1.82, 2.24) is 5.43 Å². The highest BCUT2D eigenvalue weighted by atomic mass is 79.9. The minimum atomic E-state index is -0.324. The molecule has 2 aromatic rings. The second kappa shape index (κ2) is 7.78. The van der Waals surface area contributed by atoms with Gasteiger partial charge in [-0.15, -0.1) is 0 Å². The summed E-state index contributed by atoms with van der Waals surface area (Å²) in [6, 6.07) is 12.9. The van der Waals surface area contributed by atoms with E-state index in [9.17, 15) is 4.79 Å². The summed E-state index contributed by atoms with van der Waals surface area (Å²) in [5.74, 6) is 0.343. The Morgan fingerprint density at radius 2 is 2.09 bits per heavy atom. The fourth-order valence-corrected chi connectivity index (χ4v) is 2.40. The number of nitrogens with one attached hydrogen (secondary N) is 1. The zero-order valence-corrected chi connectivity index (χ0v) is 14.6. The molecule has 0 fully saturated rings. The Bertz CT molecular complexity index is 744. The Balaban J connectivity index is 1.90. The van der Waals surface area contributed by atoms with E-state index in [-0.39, 0.29) is 12.5 Å². The SMILES string of the molecule is C/C(=N\NC(=O)COc1ccc(Br)cc1C)c1cccc(N)c1. The van der Waals surface area contributed by atoms with Gasteiger partial charge in [0.2, 0.25) is 0 Å². The minimum Gasteiger partial charge on any atom is -0.483 e. The van der Waals surface area contributed by atoms with E-state index in [1.165, 1.54) is 0 Å². The molecule has 5 nitrogen and oxygen atoms in total. The number of ether oxygens (including phenoxy) is 1. The fourth-order valence-electron chi connectivity index (χ4n) is 1.92. The van der Waals surface area contributed by atoms with Crippen LogP contribution in [0.2, 0.25) is 0 Å². The quantitative estimate of drug-likeness (QED) is 0.478. The predicted octanol–water partition coefficient (Wildman–Crippen LogP) is 3.26. The number of amides is 1. The molecular formula is C17H18BrN3O2. The van der Waals surface area contributed by atoms with Crippen LogP contribution in [0.15, 0.2) is 52.0 Å². The van der Waals surface area contributed by atoms with Gasteiger partial charge in [-0.2, -0.15) is 5.10 Å². The standard InChI is InChI=1S/C17H18BrN3O2/c1-11-8-14(18)6-7-16(11)23-10-17(22)21-20-12(2)13-4-3-5-15(19)9-13/h3-9H,10,19H2,1-2H3,(H,21,22)/b20-12+. The third-order valence-corrected chi connectivity index (χ3v) is 3.64. The highest BCUT2D eigenvalue weighted by Crippen LogP contribution is 2.21. The molecule has 120 valence electrons. The molecule has 0 saturated heterocycles. The predicted molar refractivity (Wildman–Crippen MR) is 95.6 cm³/mol. The number of nitrogens with zero attached hydrogens (tertiary/aromatic N) is 1. The first-order valence-electron chi connectivity index (χ1n) is 7.03. The number of aryl methyl sites for hydroxylation is 1. The van der Waals surface area contributed by atoms with Crippen molar-refractivity contribution in [2.75, 3.05) is 12.3 Å². The number of hydrogen-bond acceptors (Lipinski definition) is 4. The Labute approximate surface area is 143 Å². The van der Waals surface area contributed by atoms with Crippen LogP contribution in [0.5, 0.6) is 5.75 Å². The number of benzene rings is 2. The van der Waals surface area contributed by atoms with Crippen molar-refractivity contribution in [1.29, 1.82) is 0 Å². The number of carbonyl (C=O) groups is 1. The molecular weight excluding hydrogens is 358 g/mol. The second-order valence-electron chi connectivity index (χ2n) is 5.06. The number of nitrogen functional groups attached to an aromatic ring is 1. The largest absolute Gasteiger partial charge is 0.483 e. The lowest BCUT2D eigenvalue weighted by molar-refractivity contribution is -0.123. The molecule has 1 amide bonds. The average molecular weight is 376 g/mol. The molecule has 3 N–H and O–H groups in total. The van der Waals surface area contributed by atoms with Crippen molar-refractivity contribution in [2.24, 2.45) is 5.10 Å². The van der Waals surface area contributed by atoms with Crippen molar-refractivity contribution >= 4 is 33.2 Å². The first kappa shape index (κ1) is 17.0. The van der Waals surface area contributed by atoms with Crippen molar-refractivity contribution in [3.8, 4) is 5.75 Å². The first-order valence-corrected chi connectivity index (χ1v) is 7.83. The van der Waals surface area contributed by atoms with Crippen LogP contribution in [0.1, 0.15) is 18.1 Å². The summed E-state index contributed by atoms with van der Waals surface area (Å²) in [4.78, 5) is 11.8. The van der Waals surface area contributed by atoms with Gasteiger partial charge in [-0.05, 0) is 55.3 Å². The van der Waals surface area contributed by atoms with Crippen LogP contribution < -0.4 is 15.9 Å². The Morgan fingerprint density at radius 3 is 2.78 bits per heavy atom. The third-order valence-electron chi connectivity index (χ3n) is 3.15. The van der Waals surface area contributed by atoms with Crippen LogP contribution in [-0.4, -0.2) is 18.2 Å². The Kier molecular flexibility index (Phi) is 5.76. The Morgan fingerprint density at radius 1 is 1.30 bits per heavy atom. The molecule has 6 heteroatoms. The third kappa shape index (κ3) is 5.10. The maximum absolute atomic E-state index is 11.8. The zero-order valence-electron chi connectivity index (χ0n) is 13.0. The molecule has 0 radical (unpaired) electrons. The summed E-state index contributed by atoms with van der Waals surface area (Å²) in [5, 5.41) is 4.06. The normalized spacial score (nSPS) is 11.2. The van der Waals surface area contributed by atoms with E-state index in [4.69, 9.17) is 10.5 Å². The number of nitrogens with two attached hydrogens (primary N) is 1. The summed E-state index contributed by atoms with van der Waals surface area (Å²) in [5.41, 5.74) is 11.3. The van der Waals surface area contributed by atoms with Gasteiger partial charge in [-0.3, -0.25) is 4.79 Å². The maximum Gasteiger partial charge on any atom is 0.277 e. The second-order valence-corrected chi connectivity index (χ2v) is 5.97. The molecule has 0 bridgehead atoms. The highest BCUT2D eigenvalue weighted by Gasteiger charge is 2.05. The van der Waals surface area contributed by atoms with Crippen LogP contribution >= 0.6 is 15.9 Å². The highest BCUT2D eigenvalue weighted by molar-refractivity contribution is 9.10. The van der Waals surface area contributed by atoms with Gasteiger partial charge in [-0.25, -0.2) is 5.43 Å². The minimum absolute atomic E-state index is 0.101. The van der Waals surface area contributed by atoms with E-state index in [1.807, 2.05) is 37.3 Å². The van der Waals surface area contributed by atoms with Crippen LogP contribution in [-0.2, 0) is 4.79 Å². The first-order chi connectivity index (χ1) is 11.0. The number of halogens is 1. The summed E-state index contributed by atoms with van der Waals surface area (Å²) < 4.78 is 6.46. The van der Waals surface area contributed by atoms with Gasteiger partial charge in [0, 0.05) is 10.2 Å². The van der Waals surface area contributed by atoms with Gasteiger partial charge in [0.25, 0.3) is 5.91 Å². The van der Waals surface area contributed by atoms with Gasteiger partial charge in [0.05, 0.1) is 5.71 Å². The van der Waals surface area contributed by atoms with Gasteiger partial charge in [-0.1, -0.05) is 28.1 Å². The maximum atomic E-state index is 11.8. The number of anilines is 1. The van der Waals surface area contributed by atoms with Crippen molar-refractivity contribution in [3.05, 3.63) is 58.1 Å². The smallest absolute Gasteiger partial charge is 0.277 e. The zero-order chi connectivity index (χ0) is 16.8. The molecule has 0 unspecified atom stereocenters. The van der Waals surface area contributed by atoms with Crippen molar-refractivity contribution < 1.29 is 9.53 Å². The number of hydrazone groups is 1. The number of hydrogen-bond donors (Lipinski definition) is 2. The fraction of sp³-hybridized carbons (Fsp3) is 0.176. The summed E-state index contributed by atoms with van der Waals surface area (Å²) >= 11 is 3.38. The molecule has 0 spiro atoms. The number of rotatable bonds is 5. The van der Waals surface area contributed by atoms with Crippen LogP contribution in [0, 0.1) is 6.92 Å². The van der Waals surface area contributed by atoms with E-state index in [0.717, 1.165) is 15.6 Å². The van der Waals surface area contributed by atoms with Crippen LogP contribution in [0.4, 0.5) is 5.69 Å². The van der Waals surface area contributed by atoms with Crippen molar-refractivity contribution in [3.63, 3.8) is 0 Å². The molecule has 2 aromatic carbocycles. The number of carbonyl (C=O) groups excluding carboxylic acids is 1. The molecule has 0 aliphatic heterocycles. The lowest BCUT2D eigenvalue weighted by Gasteiger charge is -2.08. The lowest BCUT2D eigenvalue weighted by Crippen LogP contribution is -2.25. The van der Waals surface area contributed by atoms with Crippen LogP contribution in [0.3, 0.4) is 0 Å². The monoisotopic (exact) mass is 375 g/mol. The van der Waals surface area contributed by atoms with Crippen molar-refractivity contribution in [2.45, 2.75) is 13.8 Å². The topological polar surface area (TPSA) is 76.7 Å². The summed E-state index contributed by atoms with van der Waals surface area (Å²) in [7, 11) is 0. The molecule has 0 heterocycles. The van der Waals surface area contributed by atoms with Gasteiger partial charge in [0.1, 0.15) is 5.75 Å². The molecule has 0 atom stereocenters. The van der Waals surface area contributed by atoms with Gasteiger partial charge in [0.15, 0.2) is 6.61 Å². The van der Waals surface area contributed by atoms with Gasteiger partial charge >= 0.3 is 0 Å². The molecule has 2 rings (SSSR count). The Hall–Kier alpha value is -2.34. The van der Waals surface area contributed by atoms with Gasteiger partial charge < -0.3 is 10.5 Å². The molecule has 23 heavy (non-hydrogen) atoms. The average Bonchev–Trinajstić information content (AvgIpc) is 2.51. The van der Waals surface area contributed by atoms with E-state index in [2.05, 4.69) is 26.5 Å². The lowest BCUT2D eigenvalue weighted by atomic mass is 10.1. The van der Waals surface area contributed by atoms with Crippen LogP contribution in [0.25, 0.3) is 0 Å². The molecule has 0 aromatic heterocycles. The summed E-state index contributed by atoms with van der Waals surface area (Å²) in [6.07, 6.45) is 0. The van der Waals surface area contributed by atoms with E-state index in [0.29, 0.717) is 17.1 Å².